The lowest BCUT2D eigenvalue weighted by atomic mass is 9.84. The van der Waals surface area contributed by atoms with Crippen LogP contribution in [-0.2, 0) is 40.7 Å². The first kappa shape index (κ1) is 89.5. The minimum absolute atomic E-state index is 0.0313. The fourth-order valence-corrected chi connectivity index (χ4v) is 18.0. The molecular formula is C116H114N16+10. The van der Waals surface area contributed by atoms with E-state index in [0.29, 0.717) is 5.69 Å². The number of benzene rings is 10. The van der Waals surface area contributed by atoms with Crippen molar-refractivity contribution in [1.82, 2.24) is 24.9 Å². The molecule has 10 aromatic carbocycles. The van der Waals surface area contributed by atoms with E-state index in [0.717, 1.165) is 62.7 Å². The van der Waals surface area contributed by atoms with Crippen LogP contribution in [0.25, 0.3) is 144 Å². The Morgan fingerprint density at radius 1 is 0.280 bits per heavy atom. The topological polar surface area (TPSA) is 108 Å². The number of aryl methyl sites for hydroxylation is 11. The molecule has 132 heavy (non-hydrogen) atoms. The highest BCUT2D eigenvalue weighted by molar-refractivity contribution is 5.98. The van der Waals surface area contributed by atoms with Crippen LogP contribution in [0, 0.1) is 82.7 Å². The predicted molar refractivity (Wildman–Crippen MR) is 527 cm³/mol. The van der Waals surface area contributed by atoms with Gasteiger partial charge in [-0.2, -0.15) is 22.8 Å². The molecule has 0 fully saturated rings. The number of nitrogens with zero attached hydrogens (tertiary/aromatic N) is 16. The summed E-state index contributed by atoms with van der Waals surface area (Å²) in [4.78, 5) is 26.9. The highest BCUT2D eigenvalue weighted by Crippen LogP contribution is 2.37. The summed E-state index contributed by atoms with van der Waals surface area (Å²) in [7, 11) is 10.2. The van der Waals surface area contributed by atoms with E-state index in [2.05, 4.69) is 407 Å². The molecule has 0 aliphatic rings. The van der Waals surface area contributed by atoms with Gasteiger partial charge in [-0.05, 0) is 165 Å². The van der Waals surface area contributed by atoms with Crippen LogP contribution in [0.15, 0.2) is 347 Å². The second-order valence-corrected chi connectivity index (χ2v) is 35.2. The Morgan fingerprint density at radius 3 is 1.17 bits per heavy atom. The lowest BCUT2D eigenvalue weighted by molar-refractivity contribution is -0.663. The van der Waals surface area contributed by atoms with E-state index in [1.165, 1.54) is 144 Å². The van der Waals surface area contributed by atoms with Gasteiger partial charge in [0.05, 0.1) is 106 Å². The monoisotopic (exact) mass is 1730 g/mol. The van der Waals surface area contributed by atoms with E-state index in [-0.39, 0.29) is 5.41 Å². The summed E-state index contributed by atoms with van der Waals surface area (Å²) in [5.41, 5.74) is 29.0. The highest BCUT2D eigenvalue weighted by Gasteiger charge is 2.33. The van der Waals surface area contributed by atoms with Crippen LogP contribution in [0.1, 0.15) is 88.2 Å². The summed E-state index contributed by atoms with van der Waals surface area (Å²) in [5.74, 6) is 4.76. The van der Waals surface area contributed by atoms with Crippen LogP contribution < -0.4 is 45.7 Å². The number of hydrogen-bond acceptors (Lipinski definition) is 5. The maximum Gasteiger partial charge on any atom is 0.331 e. The van der Waals surface area contributed by atoms with Gasteiger partial charge in [0.15, 0.2) is 52.7 Å². The fraction of sp³-hybridized carbons (Fsp3) is 0.172. The van der Waals surface area contributed by atoms with Crippen molar-refractivity contribution in [1.29, 1.82) is 0 Å². The number of rotatable bonds is 10. The molecule has 10 heterocycles. The number of hydrogen-bond donors (Lipinski definition) is 0. The van der Waals surface area contributed by atoms with Crippen LogP contribution in [0.5, 0.6) is 0 Å². The number of para-hydroxylation sites is 2. The van der Waals surface area contributed by atoms with Gasteiger partial charge in [-0.3, -0.25) is 0 Å². The van der Waals surface area contributed by atoms with Gasteiger partial charge in [-0.1, -0.05) is 118 Å². The zero-order chi connectivity index (χ0) is 92.8. The lowest BCUT2D eigenvalue weighted by Crippen LogP contribution is -2.37. The largest absolute Gasteiger partial charge is 0.331 e. The number of aromatic nitrogens is 15. The Kier molecular flexibility index (Phi) is 26.2. The molecular weight excluding hydrogens is 1620 g/mol. The molecule has 0 radical (unpaired) electrons. The van der Waals surface area contributed by atoms with Crippen LogP contribution in [0.3, 0.4) is 0 Å². The van der Waals surface area contributed by atoms with Crippen molar-refractivity contribution in [2.75, 3.05) is 0 Å². The molecule has 16 nitrogen and oxygen atoms in total. The van der Waals surface area contributed by atoms with E-state index in [1.54, 1.807) is 6.20 Å². The second kappa shape index (κ2) is 38.6. The molecule has 0 N–H and O–H groups in total. The molecule has 0 spiro atoms. The highest BCUT2D eigenvalue weighted by atomic mass is 15.1. The molecule has 20 aromatic rings. The Morgan fingerprint density at radius 2 is 0.682 bits per heavy atom. The molecule has 0 aliphatic heterocycles. The third kappa shape index (κ3) is 18.4. The third-order valence-corrected chi connectivity index (χ3v) is 25.1. The number of fused-ring (bicyclic) bond motifs is 5. The average Bonchev–Trinajstić information content (AvgIpc) is 0.770. The van der Waals surface area contributed by atoms with Crippen molar-refractivity contribution in [2.24, 2.45) is 35.2 Å². The summed E-state index contributed by atoms with van der Waals surface area (Å²) in [6.45, 7) is 38.1. The molecule has 16 heteroatoms. The van der Waals surface area contributed by atoms with E-state index in [9.17, 15) is 0 Å². The Hall–Kier alpha value is -15.9. The van der Waals surface area contributed by atoms with Crippen molar-refractivity contribution in [3.05, 3.63) is 426 Å². The smallest absolute Gasteiger partial charge is 0.238 e. The van der Waals surface area contributed by atoms with E-state index in [4.69, 9.17) is 11.6 Å². The van der Waals surface area contributed by atoms with Crippen molar-refractivity contribution < 1.29 is 45.7 Å². The normalized spacial score (nSPS) is 11.1. The molecule has 648 valence electrons. The molecule has 0 amide bonds. The average molecular weight is 1730 g/mol. The summed E-state index contributed by atoms with van der Waals surface area (Å²) in [5, 5.41) is 9.84. The van der Waals surface area contributed by atoms with Crippen molar-refractivity contribution in [2.45, 2.75) is 102 Å². The second-order valence-electron chi connectivity index (χ2n) is 35.2. The minimum Gasteiger partial charge on any atom is -0.238 e. The van der Waals surface area contributed by atoms with Gasteiger partial charge >= 0.3 is 29.1 Å². The summed E-state index contributed by atoms with van der Waals surface area (Å²) < 4.78 is 21.7. The minimum atomic E-state index is 0.0313. The maximum atomic E-state index is 7.59. The van der Waals surface area contributed by atoms with Crippen LogP contribution >= 0.6 is 0 Å². The lowest BCUT2D eigenvalue weighted by Gasteiger charge is -2.21. The molecule has 0 unspecified atom stereocenters. The Bertz CT molecular complexity index is 7700. The van der Waals surface area contributed by atoms with Crippen molar-refractivity contribution >= 4 is 59.8 Å². The molecule has 0 saturated heterocycles. The standard InChI is InChI=1S/C26H29N3.C23H20N4.C23H23N3.2C22H21N3/c1-18-12-13-20-10-7-8-11-23(20)29(18)24-17-21(26(3,4)5)16-22(19(24)2)25-27-14-9-15-28(25)6;1-16-10-11-18-8-5-6-9-21(18)27(16)22-15-19(24-3)14-20(17(22)2)23-25-12-7-13-26(23)4;1-16-12-21(23-24-10-7-11-25(23)4)18(3)22(13-16)26-15-20-9-6-5-8-19(20)14-17(26)2;1-16-9-6-7-14-25(16)20-15-18-10-4-5-11-19(18)21(17(20)2)22-23-12-8-13-24(22)3;1-16-9-6-7-14-25(16)21-17(2)20(22-23-12-8-13-24(22)3)15-18-10-4-5-11-19(18)21/h7-17H,1-6H3;5-15H,1-2,4H3;5-15H,1-4H3;2*4-15H,1-3H3/q5*+2. The summed E-state index contributed by atoms with van der Waals surface area (Å²) in [6, 6.07) is 93.2. The summed E-state index contributed by atoms with van der Waals surface area (Å²) >= 11 is 0. The SMILES string of the molecule is Cc1c(-[n+]2ccccc2C)cc2ccccc2c1-c1nccc[n+]1C.Cc1c(-c2nccc[n+]2C)cc(C(C)(C)C)cc1-[n+]1c(C)ccc2ccccc21.Cc1c(-c2nccc[n+]2C)cc2ccccc2c1-[n+]1ccccc1C.Cc1cc(-c2nccc[n+]2C)c(C)c(-[n+]2cc3ccccc3cc2C)c1.[C-]#[N+]c1cc(-c2nccc[n+]2C)c(C)c(-[n+]2c(C)ccc3ccccc32)c1. The van der Waals surface area contributed by atoms with Gasteiger partial charge in [0, 0.05) is 188 Å². The van der Waals surface area contributed by atoms with Gasteiger partial charge in [-0.25, -0.2) is 27.7 Å². The maximum absolute atomic E-state index is 7.59. The zero-order valence-corrected chi connectivity index (χ0v) is 79.1. The van der Waals surface area contributed by atoms with Crippen molar-refractivity contribution in [3.63, 3.8) is 0 Å². The van der Waals surface area contributed by atoms with Gasteiger partial charge in [0.2, 0.25) is 39.5 Å². The Balaban J connectivity index is 0.000000120. The van der Waals surface area contributed by atoms with E-state index >= 15 is 0 Å². The molecule has 0 saturated carbocycles. The van der Waals surface area contributed by atoms with E-state index in [1.807, 2.05) is 137 Å². The van der Waals surface area contributed by atoms with Gasteiger partial charge in [0.25, 0.3) is 0 Å². The molecule has 0 bridgehead atoms. The molecule has 10 aromatic heterocycles. The molecule has 20 rings (SSSR count). The third-order valence-electron chi connectivity index (χ3n) is 25.1. The van der Waals surface area contributed by atoms with Crippen LogP contribution in [0.4, 0.5) is 5.69 Å². The summed E-state index contributed by atoms with van der Waals surface area (Å²) in [6.07, 6.45) is 25.9. The number of pyridine rings is 5. The zero-order valence-electron chi connectivity index (χ0n) is 79.1. The van der Waals surface area contributed by atoms with E-state index < -0.39 is 0 Å². The van der Waals surface area contributed by atoms with Crippen LogP contribution in [0.2, 0.25) is 0 Å². The molecule has 0 aliphatic carbocycles. The van der Waals surface area contributed by atoms with Crippen LogP contribution in [-0.4, -0.2) is 24.9 Å². The quantitative estimate of drug-likeness (QED) is 0.100. The first-order chi connectivity index (χ1) is 63.7. The molecule has 0 atom stereocenters. The fourth-order valence-electron chi connectivity index (χ4n) is 18.0. The van der Waals surface area contributed by atoms with Gasteiger partial charge < -0.3 is 0 Å². The Labute approximate surface area is 774 Å². The van der Waals surface area contributed by atoms with Gasteiger partial charge in [0.1, 0.15) is 31.0 Å². The van der Waals surface area contributed by atoms with Gasteiger partial charge in [-0.15, -0.1) is 0 Å². The first-order valence-corrected chi connectivity index (χ1v) is 44.8. The van der Waals surface area contributed by atoms with Crippen molar-refractivity contribution in [3.8, 4) is 85.4 Å². The predicted octanol–water partition coefficient (Wildman–Crippen LogP) is 20.3. The first-order valence-electron chi connectivity index (χ1n) is 44.8.